The second-order valence-corrected chi connectivity index (χ2v) is 9.66. The summed E-state index contributed by atoms with van der Waals surface area (Å²) < 4.78 is 29.6. The number of rotatable bonds is 6. The van der Waals surface area contributed by atoms with Crippen molar-refractivity contribution in [2.24, 2.45) is 7.05 Å². The van der Waals surface area contributed by atoms with Crippen molar-refractivity contribution < 1.29 is 13.2 Å². The number of anilines is 1. The summed E-state index contributed by atoms with van der Waals surface area (Å²) in [5, 5.41) is 7.71. The molecule has 0 saturated carbocycles. The number of aryl methyl sites for hydroxylation is 2. The molecule has 1 heterocycles. The molecule has 0 radical (unpaired) electrons. The van der Waals surface area contributed by atoms with Gasteiger partial charge in [-0.15, -0.1) is 0 Å². The summed E-state index contributed by atoms with van der Waals surface area (Å²) in [5.74, 6) is -0.328. The Kier molecular flexibility index (Phi) is 6.64. The lowest BCUT2D eigenvalue weighted by Crippen LogP contribution is -2.27. The van der Waals surface area contributed by atoms with Gasteiger partial charge in [-0.05, 0) is 57.2 Å². The minimum absolute atomic E-state index is 0.0343. The first-order chi connectivity index (χ1) is 14.5. The number of carbonyl (C=O) groups is 1. The van der Waals surface area contributed by atoms with Crippen molar-refractivity contribution in [2.75, 3.05) is 4.72 Å². The summed E-state index contributed by atoms with van der Waals surface area (Å²) in [4.78, 5) is 12.7. The van der Waals surface area contributed by atoms with Crippen LogP contribution in [0.1, 0.15) is 40.3 Å². The largest absolute Gasteiger partial charge is 0.345 e. The molecule has 3 aromatic rings. The SMILES string of the molecule is Cc1nn(C)c(C)c1C(C)NC(=O)c1cccc(NS(=O)(=O)c2ccc(Cl)c(Cl)c2)c1. The van der Waals surface area contributed by atoms with Gasteiger partial charge < -0.3 is 5.32 Å². The van der Waals surface area contributed by atoms with Crippen molar-refractivity contribution in [1.82, 2.24) is 15.1 Å². The van der Waals surface area contributed by atoms with E-state index in [4.69, 9.17) is 23.2 Å². The van der Waals surface area contributed by atoms with E-state index in [0.29, 0.717) is 5.56 Å². The van der Waals surface area contributed by atoms with E-state index < -0.39 is 10.0 Å². The van der Waals surface area contributed by atoms with Gasteiger partial charge in [0.15, 0.2) is 0 Å². The van der Waals surface area contributed by atoms with Crippen LogP contribution in [0.15, 0.2) is 47.4 Å². The summed E-state index contributed by atoms with van der Waals surface area (Å²) in [7, 11) is -2.05. The van der Waals surface area contributed by atoms with Crippen molar-refractivity contribution in [2.45, 2.75) is 31.7 Å². The number of benzene rings is 2. The zero-order valence-corrected chi connectivity index (χ0v) is 19.7. The topological polar surface area (TPSA) is 93.1 Å². The summed E-state index contributed by atoms with van der Waals surface area (Å²) in [6.45, 7) is 5.71. The van der Waals surface area contributed by atoms with E-state index in [9.17, 15) is 13.2 Å². The Morgan fingerprint density at radius 1 is 1.10 bits per heavy atom. The number of sulfonamides is 1. The Balaban J connectivity index is 1.79. The van der Waals surface area contributed by atoms with Crippen molar-refractivity contribution in [3.63, 3.8) is 0 Å². The molecule has 1 amide bonds. The van der Waals surface area contributed by atoms with E-state index in [2.05, 4.69) is 15.1 Å². The lowest BCUT2D eigenvalue weighted by Gasteiger charge is -2.15. The molecule has 10 heteroatoms. The first-order valence-electron chi connectivity index (χ1n) is 9.38. The van der Waals surface area contributed by atoms with Crippen LogP contribution >= 0.6 is 23.2 Å². The molecule has 1 atom stereocenters. The maximum atomic E-state index is 12.8. The first kappa shape index (κ1) is 23.1. The molecule has 2 N–H and O–H groups in total. The third-order valence-electron chi connectivity index (χ3n) is 4.92. The van der Waals surface area contributed by atoms with E-state index in [1.165, 1.54) is 24.3 Å². The van der Waals surface area contributed by atoms with Gasteiger partial charge in [-0.1, -0.05) is 29.3 Å². The maximum Gasteiger partial charge on any atom is 0.261 e. The van der Waals surface area contributed by atoms with E-state index in [1.54, 1.807) is 22.9 Å². The maximum absolute atomic E-state index is 12.8. The molecule has 2 aromatic carbocycles. The lowest BCUT2D eigenvalue weighted by molar-refractivity contribution is 0.0939. The van der Waals surface area contributed by atoms with Crippen LogP contribution in [0.4, 0.5) is 5.69 Å². The minimum Gasteiger partial charge on any atom is -0.345 e. The number of amides is 1. The molecule has 7 nitrogen and oxygen atoms in total. The summed E-state index contributed by atoms with van der Waals surface area (Å²) >= 11 is 11.8. The number of halogens is 2. The highest BCUT2D eigenvalue weighted by Crippen LogP contribution is 2.26. The fourth-order valence-electron chi connectivity index (χ4n) is 3.35. The quantitative estimate of drug-likeness (QED) is 0.537. The van der Waals surface area contributed by atoms with Crippen molar-refractivity contribution >= 4 is 44.8 Å². The summed E-state index contributed by atoms with van der Waals surface area (Å²) in [5.41, 5.74) is 3.33. The highest BCUT2D eigenvalue weighted by Gasteiger charge is 2.20. The Labute approximate surface area is 191 Å². The molecule has 1 unspecified atom stereocenters. The number of nitrogens with zero attached hydrogens (tertiary/aromatic N) is 2. The van der Waals surface area contributed by atoms with Crippen LogP contribution in [0.2, 0.25) is 10.0 Å². The average Bonchev–Trinajstić information content (AvgIpc) is 2.95. The third kappa shape index (κ3) is 5.03. The monoisotopic (exact) mass is 480 g/mol. The van der Waals surface area contributed by atoms with Crippen LogP contribution in [0.25, 0.3) is 0 Å². The Hall–Kier alpha value is -2.55. The van der Waals surface area contributed by atoms with Crippen molar-refractivity contribution in [1.29, 1.82) is 0 Å². The normalized spacial score (nSPS) is 12.5. The van der Waals surface area contributed by atoms with Crippen LogP contribution in [0.3, 0.4) is 0 Å². The molecule has 0 aliphatic rings. The smallest absolute Gasteiger partial charge is 0.261 e. The van der Waals surface area contributed by atoms with Gasteiger partial charge >= 0.3 is 0 Å². The van der Waals surface area contributed by atoms with Gasteiger partial charge in [-0.25, -0.2) is 8.42 Å². The molecule has 3 rings (SSSR count). The van der Waals surface area contributed by atoms with Crippen LogP contribution < -0.4 is 10.0 Å². The number of hydrogen-bond acceptors (Lipinski definition) is 4. The zero-order valence-electron chi connectivity index (χ0n) is 17.4. The number of hydrogen-bond donors (Lipinski definition) is 2. The van der Waals surface area contributed by atoms with E-state index >= 15 is 0 Å². The second kappa shape index (κ2) is 8.90. The van der Waals surface area contributed by atoms with Gasteiger partial charge in [0, 0.05) is 29.6 Å². The molecule has 0 fully saturated rings. The van der Waals surface area contributed by atoms with Crippen LogP contribution in [0.5, 0.6) is 0 Å². The van der Waals surface area contributed by atoms with Gasteiger partial charge in [0.05, 0.1) is 26.7 Å². The Morgan fingerprint density at radius 3 is 2.42 bits per heavy atom. The number of nitrogens with one attached hydrogen (secondary N) is 2. The predicted octanol–water partition coefficient (Wildman–Crippen LogP) is 4.64. The predicted molar refractivity (Wildman–Crippen MR) is 122 cm³/mol. The first-order valence-corrected chi connectivity index (χ1v) is 11.6. The van der Waals surface area contributed by atoms with Gasteiger partial charge in [0.2, 0.25) is 0 Å². The molecule has 0 aliphatic carbocycles. The molecule has 0 bridgehead atoms. The van der Waals surface area contributed by atoms with E-state index in [1.807, 2.05) is 27.8 Å². The van der Waals surface area contributed by atoms with Gasteiger partial charge in [-0.3, -0.25) is 14.2 Å². The van der Waals surface area contributed by atoms with Gasteiger partial charge in [0.25, 0.3) is 15.9 Å². The average molecular weight is 481 g/mol. The Morgan fingerprint density at radius 2 is 1.81 bits per heavy atom. The number of aromatic nitrogens is 2. The molecule has 0 saturated heterocycles. The van der Waals surface area contributed by atoms with Crippen molar-refractivity contribution in [3.05, 3.63) is 75.0 Å². The number of carbonyl (C=O) groups excluding carboxylic acids is 1. The highest BCUT2D eigenvalue weighted by atomic mass is 35.5. The molecule has 0 spiro atoms. The highest BCUT2D eigenvalue weighted by molar-refractivity contribution is 7.92. The van der Waals surface area contributed by atoms with Crippen LogP contribution in [-0.2, 0) is 17.1 Å². The second-order valence-electron chi connectivity index (χ2n) is 7.17. The summed E-state index contributed by atoms with van der Waals surface area (Å²) in [6, 6.07) is 10.0. The van der Waals surface area contributed by atoms with E-state index in [-0.39, 0.29) is 32.6 Å². The lowest BCUT2D eigenvalue weighted by atomic mass is 10.1. The fourth-order valence-corrected chi connectivity index (χ4v) is 4.79. The molecule has 164 valence electrons. The van der Waals surface area contributed by atoms with Gasteiger partial charge in [0.1, 0.15) is 0 Å². The molecule has 31 heavy (non-hydrogen) atoms. The third-order valence-corrected chi connectivity index (χ3v) is 7.04. The Bertz CT molecular complexity index is 1260. The van der Waals surface area contributed by atoms with E-state index in [0.717, 1.165) is 17.0 Å². The van der Waals surface area contributed by atoms with Crippen molar-refractivity contribution in [3.8, 4) is 0 Å². The fraction of sp³-hybridized carbons (Fsp3) is 0.238. The molecular weight excluding hydrogens is 459 g/mol. The zero-order chi connectivity index (χ0) is 22.9. The molecule has 1 aromatic heterocycles. The van der Waals surface area contributed by atoms with Crippen LogP contribution in [0, 0.1) is 13.8 Å². The minimum atomic E-state index is -3.91. The standard InChI is InChI=1S/C21H22Cl2N4O3S/c1-12(20-13(2)25-27(4)14(20)3)24-21(28)15-6-5-7-16(10-15)26-31(29,30)17-8-9-18(22)19(23)11-17/h5-12,26H,1-4H3,(H,24,28). The van der Waals surface area contributed by atoms with Gasteiger partial charge in [-0.2, -0.15) is 5.10 Å². The molecular formula is C21H22Cl2N4O3S. The molecule has 0 aliphatic heterocycles. The summed E-state index contributed by atoms with van der Waals surface area (Å²) in [6.07, 6.45) is 0. The van der Waals surface area contributed by atoms with Crippen LogP contribution in [-0.4, -0.2) is 24.1 Å².